The number of sulfonamides is 1. The summed E-state index contributed by atoms with van der Waals surface area (Å²) < 4.78 is 27.9. The summed E-state index contributed by atoms with van der Waals surface area (Å²) in [5, 5.41) is 2.96. The van der Waals surface area contributed by atoms with Crippen LogP contribution in [0.3, 0.4) is 0 Å². The lowest BCUT2D eigenvalue weighted by atomic mass is 9.97. The van der Waals surface area contributed by atoms with Gasteiger partial charge < -0.3 is 5.32 Å². The van der Waals surface area contributed by atoms with Crippen LogP contribution in [0.4, 0.5) is 5.69 Å². The fourth-order valence-electron chi connectivity index (χ4n) is 3.12. The van der Waals surface area contributed by atoms with Crippen LogP contribution in [0.5, 0.6) is 0 Å². The van der Waals surface area contributed by atoms with E-state index >= 15 is 0 Å². The van der Waals surface area contributed by atoms with Crippen LogP contribution in [-0.4, -0.2) is 31.7 Å². The smallest absolute Gasteiger partial charge is 0.252 e. The average Bonchev–Trinajstić information content (AvgIpc) is 3.09. The molecule has 1 aromatic carbocycles. The second-order valence-corrected chi connectivity index (χ2v) is 11.6. The Bertz CT molecular complexity index is 899. The van der Waals surface area contributed by atoms with Crippen LogP contribution in [0.25, 0.3) is 0 Å². The second-order valence-electron chi connectivity index (χ2n) is 7.00. The summed E-state index contributed by atoms with van der Waals surface area (Å²) in [6.45, 7) is 4.99. The number of nitrogens with zero attached hydrogens (tertiary/aromatic N) is 1. The predicted molar refractivity (Wildman–Crippen MR) is 113 cm³/mol. The number of piperidine rings is 1. The van der Waals surface area contributed by atoms with Crippen molar-refractivity contribution in [3.8, 4) is 0 Å². The summed E-state index contributed by atoms with van der Waals surface area (Å²) in [5.41, 5.74) is 2.01. The molecule has 8 heteroatoms. The summed E-state index contributed by atoms with van der Waals surface area (Å²) in [5.74, 6) is 0.240. The van der Waals surface area contributed by atoms with Crippen molar-refractivity contribution in [2.75, 3.05) is 18.4 Å². The van der Waals surface area contributed by atoms with Gasteiger partial charge in [0.05, 0.1) is 3.79 Å². The number of nitrogens with one attached hydrogen (secondary N) is 1. The van der Waals surface area contributed by atoms with Crippen LogP contribution in [0.15, 0.2) is 44.4 Å². The maximum Gasteiger partial charge on any atom is 0.252 e. The van der Waals surface area contributed by atoms with E-state index in [4.69, 9.17) is 0 Å². The number of benzene rings is 1. The third kappa shape index (κ3) is 4.80. The molecular formula is C19H23BrN2O3S2. The summed E-state index contributed by atoms with van der Waals surface area (Å²) >= 11 is 4.51. The van der Waals surface area contributed by atoms with Gasteiger partial charge >= 0.3 is 0 Å². The Morgan fingerprint density at radius 1 is 1.15 bits per heavy atom. The molecule has 0 atom stereocenters. The molecule has 146 valence electrons. The third-order valence-corrected chi connectivity index (χ3v) is 8.80. The zero-order valence-electron chi connectivity index (χ0n) is 15.3. The number of hydrogen-bond acceptors (Lipinski definition) is 4. The molecule has 2 heterocycles. The molecule has 1 aliphatic rings. The van der Waals surface area contributed by atoms with E-state index in [1.165, 1.54) is 21.2 Å². The van der Waals surface area contributed by atoms with Crippen LogP contribution >= 0.6 is 27.3 Å². The van der Waals surface area contributed by atoms with E-state index in [0.29, 0.717) is 36.1 Å². The number of anilines is 1. The number of thiophene rings is 1. The van der Waals surface area contributed by atoms with Gasteiger partial charge in [-0.1, -0.05) is 26.0 Å². The maximum atomic E-state index is 12.7. The van der Waals surface area contributed by atoms with Crippen LogP contribution in [-0.2, 0) is 14.8 Å². The minimum atomic E-state index is -3.47. The van der Waals surface area contributed by atoms with Gasteiger partial charge in [-0.3, -0.25) is 4.79 Å². The molecule has 0 bridgehead atoms. The fraction of sp³-hybridized carbons (Fsp3) is 0.421. The van der Waals surface area contributed by atoms with E-state index in [1.54, 1.807) is 12.1 Å². The number of rotatable bonds is 5. The number of halogens is 1. The zero-order chi connectivity index (χ0) is 19.6. The van der Waals surface area contributed by atoms with Crippen LogP contribution in [0.2, 0.25) is 0 Å². The molecule has 27 heavy (non-hydrogen) atoms. The Hall–Kier alpha value is -1.22. The molecule has 1 aromatic heterocycles. The molecule has 5 nitrogen and oxygen atoms in total. The molecule has 0 saturated carbocycles. The van der Waals surface area contributed by atoms with Crippen LogP contribution in [0.1, 0.15) is 38.2 Å². The monoisotopic (exact) mass is 470 g/mol. The molecular weight excluding hydrogens is 448 g/mol. The Labute approximate surface area is 173 Å². The lowest BCUT2D eigenvalue weighted by Crippen LogP contribution is -2.41. The molecule has 1 fully saturated rings. The first-order chi connectivity index (χ1) is 12.8. The van der Waals surface area contributed by atoms with Crippen molar-refractivity contribution in [1.82, 2.24) is 4.31 Å². The van der Waals surface area contributed by atoms with Crippen molar-refractivity contribution < 1.29 is 13.2 Å². The van der Waals surface area contributed by atoms with Crippen LogP contribution < -0.4 is 5.32 Å². The fourth-order valence-corrected chi connectivity index (χ4v) is 6.75. The highest BCUT2D eigenvalue weighted by molar-refractivity contribution is 9.11. The highest BCUT2D eigenvalue weighted by atomic mass is 79.9. The molecule has 1 amide bonds. The molecule has 0 unspecified atom stereocenters. The molecule has 1 N–H and O–H groups in total. The molecule has 1 aliphatic heterocycles. The summed E-state index contributed by atoms with van der Waals surface area (Å²) in [4.78, 5) is 12.5. The van der Waals surface area contributed by atoms with Gasteiger partial charge in [0.1, 0.15) is 4.21 Å². The van der Waals surface area contributed by atoms with E-state index in [-0.39, 0.29) is 11.8 Å². The molecule has 0 aliphatic carbocycles. The predicted octanol–water partition coefficient (Wildman–Crippen LogP) is 4.67. The van der Waals surface area contributed by atoms with E-state index in [0.717, 1.165) is 9.47 Å². The minimum Gasteiger partial charge on any atom is -0.326 e. The standard InChI is InChI=1S/C19H23BrN2O3S2/c1-13(2)14-3-5-16(6-4-14)21-19(23)15-9-11-22(12-10-15)27(24,25)18-8-7-17(20)26-18/h3-8,13,15H,9-12H2,1-2H3,(H,21,23). The van der Waals surface area contributed by atoms with Gasteiger partial charge in [0, 0.05) is 24.7 Å². The molecule has 2 aromatic rings. The van der Waals surface area contributed by atoms with Crippen molar-refractivity contribution in [2.24, 2.45) is 5.92 Å². The first-order valence-corrected chi connectivity index (χ1v) is 12.0. The Balaban J connectivity index is 1.57. The lowest BCUT2D eigenvalue weighted by Gasteiger charge is -2.30. The highest BCUT2D eigenvalue weighted by Gasteiger charge is 2.32. The van der Waals surface area contributed by atoms with E-state index in [1.807, 2.05) is 24.3 Å². The highest BCUT2D eigenvalue weighted by Crippen LogP contribution is 2.31. The second kappa shape index (κ2) is 8.43. The Morgan fingerprint density at radius 3 is 2.30 bits per heavy atom. The number of carbonyl (C=O) groups excluding carboxylic acids is 1. The lowest BCUT2D eigenvalue weighted by molar-refractivity contribution is -0.120. The van der Waals surface area contributed by atoms with Gasteiger partial charge in [-0.15, -0.1) is 11.3 Å². The van der Waals surface area contributed by atoms with Crippen LogP contribution in [0, 0.1) is 5.92 Å². The van der Waals surface area contributed by atoms with Gasteiger partial charge in [0.25, 0.3) is 10.0 Å². The minimum absolute atomic E-state index is 0.0387. The Kier molecular flexibility index (Phi) is 6.40. The van der Waals surface area contributed by atoms with Crippen molar-refractivity contribution in [3.63, 3.8) is 0 Å². The van der Waals surface area contributed by atoms with Gasteiger partial charge in [-0.2, -0.15) is 4.31 Å². The van der Waals surface area contributed by atoms with Crippen molar-refractivity contribution >= 4 is 48.9 Å². The quantitative estimate of drug-likeness (QED) is 0.689. The largest absolute Gasteiger partial charge is 0.326 e. The Morgan fingerprint density at radius 2 is 1.78 bits per heavy atom. The molecule has 1 saturated heterocycles. The number of amides is 1. The van der Waals surface area contributed by atoms with E-state index in [2.05, 4.69) is 35.1 Å². The third-order valence-electron chi connectivity index (χ3n) is 4.81. The van der Waals surface area contributed by atoms with Gasteiger partial charge in [0.2, 0.25) is 5.91 Å². The zero-order valence-corrected chi connectivity index (χ0v) is 18.5. The number of hydrogen-bond donors (Lipinski definition) is 1. The van der Waals surface area contributed by atoms with Crippen molar-refractivity contribution in [1.29, 1.82) is 0 Å². The topological polar surface area (TPSA) is 66.5 Å². The average molecular weight is 471 g/mol. The van der Waals surface area contributed by atoms with Crippen molar-refractivity contribution in [3.05, 3.63) is 45.7 Å². The SMILES string of the molecule is CC(C)c1ccc(NC(=O)C2CCN(S(=O)(=O)c3ccc(Br)s3)CC2)cc1. The van der Waals surface area contributed by atoms with Gasteiger partial charge in [-0.25, -0.2) is 8.42 Å². The molecule has 0 spiro atoms. The van der Waals surface area contributed by atoms with Gasteiger partial charge in [0.15, 0.2) is 0 Å². The summed E-state index contributed by atoms with van der Waals surface area (Å²) in [6, 6.07) is 11.2. The first-order valence-electron chi connectivity index (χ1n) is 8.93. The first kappa shape index (κ1) is 20.5. The number of carbonyl (C=O) groups is 1. The molecule has 3 rings (SSSR count). The maximum absolute atomic E-state index is 12.7. The molecule has 0 radical (unpaired) electrons. The van der Waals surface area contributed by atoms with E-state index in [9.17, 15) is 13.2 Å². The van der Waals surface area contributed by atoms with Crippen molar-refractivity contribution in [2.45, 2.75) is 36.8 Å². The van der Waals surface area contributed by atoms with Gasteiger partial charge in [-0.05, 0) is 64.5 Å². The summed E-state index contributed by atoms with van der Waals surface area (Å²) in [6.07, 6.45) is 1.06. The normalized spacial score (nSPS) is 16.6. The van der Waals surface area contributed by atoms with E-state index < -0.39 is 10.0 Å². The summed E-state index contributed by atoms with van der Waals surface area (Å²) in [7, 11) is -3.47.